The lowest BCUT2D eigenvalue weighted by atomic mass is 10.1. The number of anilines is 1. The molecule has 41 heavy (non-hydrogen) atoms. The topological polar surface area (TPSA) is 96.0 Å². The van der Waals surface area contributed by atoms with Gasteiger partial charge in [0.2, 0.25) is 11.8 Å². The fourth-order valence-electron chi connectivity index (χ4n) is 4.88. The van der Waals surface area contributed by atoms with Crippen molar-refractivity contribution < 1.29 is 27.1 Å². The SMILES string of the molecule is COc1ccc(CN(C(=O)CN(c2ccc(C)cc2)S(=O)(=O)c2ccc(F)cc2)[C@@H](C)C(=O)NC2CCCC2)cc1. The number of halogens is 1. The van der Waals surface area contributed by atoms with Gasteiger partial charge >= 0.3 is 0 Å². The van der Waals surface area contributed by atoms with E-state index in [1.54, 1.807) is 62.6 Å². The summed E-state index contributed by atoms with van der Waals surface area (Å²) in [6, 6.07) is 17.5. The van der Waals surface area contributed by atoms with Crippen molar-refractivity contribution in [1.82, 2.24) is 10.2 Å². The van der Waals surface area contributed by atoms with E-state index in [1.165, 1.54) is 17.0 Å². The van der Waals surface area contributed by atoms with Gasteiger partial charge in [-0.25, -0.2) is 12.8 Å². The van der Waals surface area contributed by atoms with E-state index in [4.69, 9.17) is 4.74 Å². The Balaban J connectivity index is 1.67. The van der Waals surface area contributed by atoms with Crippen LogP contribution in [0, 0.1) is 12.7 Å². The van der Waals surface area contributed by atoms with Crippen molar-refractivity contribution in [2.75, 3.05) is 18.0 Å². The van der Waals surface area contributed by atoms with E-state index < -0.39 is 34.3 Å². The minimum absolute atomic E-state index is 0.0609. The van der Waals surface area contributed by atoms with Gasteiger partial charge < -0.3 is 15.0 Å². The number of amides is 2. The first-order chi connectivity index (χ1) is 19.6. The van der Waals surface area contributed by atoms with Gasteiger partial charge in [0.1, 0.15) is 24.2 Å². The highest BCUT2D eigenvalue weighted by atomic mass is 32.2. The van der Waals surface area contributed by atoms with Crippen LogP contribution in [0.4, 0.5) is 10.1 Å². The van der Waals surface area contributed by atoms with Gasteiger partial charge in [0.15, 0.2) is 0 Å². The van der Waals surface area contributed by atoms with Gasteiger partial charge in [-0.15, -0.1) is 0 Å². The number of hydrogen-bond acceptors (Lipinski definition) is 5. The molecule has 1 aliphatic rings. The highest BCUT2D eigenvalue weighted by Crippen LogP contribution is 2.26. The van der Waals surface area contributed by atoms with Gasteiger partial charge in [-0.1, -0.05) is 42.7 Å². The lowest BCUT2D eigenvalue weighted by Crippen LogP contribution is -2.52. The molecule has 1 N–H and O–H groups in total. The average Bonchev–Trinajstić information content (AvgIpc) is 3.48. The summed E-state index contributed by atoms with van der Waals surface area (Å²) in [7, 11) is -2.70. The van der Waals surface area contributed by atoms with E-state index in [1.807, 2.05) is 6.92 Å². The van der Waals surface area contributed by atoms with Gasteiger partial charge in [0, 0.05) is 12.6 Å². The summed E-state index contributed by atoms with van der Waals surface area (Å²) >= 11 is 0. The van der Waals surface area contributed by atoms with Gasteiger partial charge in [-0.3, -0.25) is 13.9 Å². The monoisotopic (exact) mass is 581 g/mol. The number of rotatable bonds is 11. The van der Waals surface area contributed by atoms with E-state index in [0.717, 1.165) is 53.2 Å². The molecule has 4 rings (SSSR count). The van der Waals surface area contributed by atoms with Crippen LogP contribution in [0.1, 0.15) is 43.7 Å². The van der Waals surface area contributed by atoms with Crippen molar-refractivity contribution in [3.05, 3.63) is 89.7 Å². The molecule has 3 aromatic rings. The first-order valence-corrected chi connectivity index (χ1v) is 15.1. The molecule has 0 unspecified atom stereocenters. The van der Waals surface area contributed by atoms with Crippen molar-refractivity contribution in [2.24, 2.45) is 0 Å². The van der Waals surface area contributed by atoms with Gasteiger partial charge in [-0.2, -0.15) is 0 Å². The second-order valence-electron chi connectivity index (χ2n) is 10.3. The molecule has 1 saturated carbocycles. The zero-order valence-electron chi connectivity index (χ0n) is 23.5. The average molecular weight is 582 g/mol. The van der Waals surface area contributed by atoms with Crippen LogP contribution in [0.3, 0.4) is 0 Å². The molecule has 0 heterocycles. The lowest BCUT2D eigenvalue weighted by molar-refractivity contribution is -0.139. The fraction of sp³-hybridized carbons (Fsp3) is 0.355. The maximum atomic E-state index is 14.0. The Bertz CT molecular complexity index is 1440. The third-order valence-electron chi connectivity index (χ3n) is 7.38. The molecule has 8 nitrogen and oxygen atoms in total. The number of nitrogens with one attached hydrogen (secondary N) is 1. The van der Waals surface area contributed by atoms with Crippen molar-refractivity contribution in [2.45, 2.75) is 63.1 Å². The van der Waals surface area contributed by atoms with Crippen LogP contribution in [0.15, 0.2) is 77.7 Å². The molecule has 1 fully saturated rings. The predicted octanol–water partition coefficient (Wildman–Crippen LogP) is 4.81. The van der Waals surface area contributed by atoms with Crippen LogP contribution in [0.25, 0.3) is 0 Å². The number of hydrogen-bond donors (Lipinski definition) is 1. The minimum Gasteiger partial charge on any atom is -0.497 e. The number of aryl methyl sites for hydroxylation is 1. The van der Waals surface area contributed by atoms with Crippen molar-refractivity contribution in [3.63, 3.8) is 0 Å². The molecule has 1 aliphatic carbocycles. The summed E-state index contributed by atoms with van der Waals surface area (Å²) in [6.45, 7) is 3.05. The van der Waals surface area contributed by atoms with Crippen LogP contribution >= 0.6 is 0 Å². The first kappa shape index (κ1) is 30.0. The standard InChI is InChI=1S/C31H36FN3O5S/c1-22-8-14-27(15-9-22)35(41(38,39)29-18-12-25(32)13-19-29)21-30(36)34(20-24-10-16-28(40-3)17-11-24)23(2)31(37)33-26-6-4-5-7-26/h8-19,23,26H,4-7,20-21H2,1-3H3,(H,33,37)/t23-/m0/s1. The van der Waals surface area contributed by atoms with E-state index in [-0.39, 0.29) is 29.1 Å². The Morgan fingerprint density at radius 3 is 2.17 bits per heavy atom. The second-order valence-corrected chi connectivity index (χ2v) is 12.2. The van der Waals surface area contributed by atoms with Crippen LogP contribution in [-0.2, 0) is 26.2 Å². The summed E-state index contributed by atoms with van der Waals surface area (Å²) in [6.07, 6.45) is 3.87. The Kier molecular flexibility index (Phi) is 9.65. The van der Waals surface area contributed by atoms with Crippen LogP contribution < -0.4 is 14.4 Å². The number of benzene rings is 3. The summed E-state index contributed by atoms with van der Waals surface area (Å²) in [5.41, 5.74) is 1.95. The molecule has 0 radical (unpaired) electrons. The smallest absolute Gasteiger partial charge is 0.264 e. The molecule has 0 aliphatic heterocycles. The van der Waals surface area contributed by atoms with Crippen LogP contribution in [0.5, 0.6) is 5.75 Å². The molecule has 10 heteroatoms. The molecular formula is C31H36FN3O5S. The predicted molar refractivity (Wildman–Crippen MR) is 156 cm³/mol. The molecule has 0 bridgehead atoms. The molecule has 2 amide bonds. The summed E-state index contributed by atoms with van der Waals surface area (Å²) < 4.78 is 47.4. The Morgan fingerprint density at radius 1 is 0.976 bits per heavy atom. The zero-order valence-corrected chi connectivity index (χ0v) is 24.4. The molecule has 218 valence electrons. The number of ether oxygens (including phenoxy) is 1. The number of carbonyl (C=O) groups is 2. The number of nitrogens with zero attached hydrogens (tertiary/aromatic N) is 2. The summed E-state index contributed by atoms with van der Waals surface area (Å²) in [5.74, 6) is -0.771. The third kappa shape index (κ3) is 7.43. The first-order valence-electron chi connectivity index (χ1n) is 13.7. The normalized spacial score (nSPS) is 14.3. The summed E-state index contributed by atoms with van der Waals surface area (Å²) in [4.78, 5) is 28.5. The lowest BCUT2D eigenvalue weighted by Gasteiger charge is -2.32. The quantitative estimate of drug-likeness (QED) is 0.351. The number of carbonyl (C=O) groups excluding carboxylic acids is 2. The summed E-state index contributed by atoms with van der Waals surface area (Å²) in [5, 5.41) is 3.05. The molecule has 1 atom stereocenters. The Morgan fingerprint density at radius 2 is 1.59 bits per heavy atom. The van der Waals surface area contributed by atoms with E-state index in [0.29, 0.717) is 5.75 Å². The highest BCUT2D eigenvalue weighted by molar-refractivity contribution is 7.92. The van der Waals surface area contributed by atoms with Crippen LogP contribution in [0.2, 0.25) is 0 Å². The fourth-order valence-corrected chi connectivity index (χ4v) is 6.29. The van der Waals surface area contributed by atoms with Gasteiger partial charge in [0.25, 0.3) is 10.0 Å². The Hall–Kier alpha value is -3.92. The molecule has 3 aromatic carbocycles. The van der Waals surface area contributed by atoms with Crippen molar-refractivity contribution in [3.8, 4) is 5.75 Å². The van der Waals surface area contributed by atoms with Gasteiger partial charge in [-0.05, 0) is 80.8 Å². The van der Waals surface area contributed by atoms with Crippen molar-refractivity contribution in [1.29, 1.82) is 0 Å². The van der Waals surface area contributed by atoms with Crippen molar-refractivity contribution >= 4 is 27.5 Å². The number of methoxy groups -OCH3 is 1. The van der Waals surface area contributed by atoms with Gasteiger partial charge in [0.05, 0.1) is 17.7 Å². The van der Waals surface area contributed by atoms with E-state index >= 15 is 0 Å². The molecule has 0 aromatic heterocycles. The second kappa shape index (κ2) is 13.2. The maximum absolute atomic E-state index is 14.0. The molecular weight excluding hydrogens is 545 g/mol. The Labute approximate surface area is 241 Å². The third-order valence-corrected chi connectivity index (χ3v) is 9.17. The van der Waals surface area contributed by atoms with E-state index in [2.05, 4.69) is 5.32 Å². The zero-order chi connectivity index (χ0) is 29.6. The van der Waals surface area contributed by atoms with Crippen LogP contribution in [-0.4, -0.2) is 50.9 Å². The molecule has 0 saturated heterocycles. The maximum Gasteiger partial charge on any atom is 0.264 e. The number of sulfonamides is 1. The van der Waals surface area contributed by atoms with E-state index in [9.17, 15) is 22.4 Å². The molecule has 0 spiro atoms. The highest BCUT2D eigenvalue weighted by Gasteiger charge is 2.33. The minimum atomic E-state index is -4.26. The largest absolute Gasteiger partial charge is 0.497 e.